The molecule has 7 heteroatoms. The lowest BCUT2D eigenvalue weighted by atomic mass is 9.96. The molecule has 2 unspecified atom stereocenters. The topological polar surface area (TPSA) is 77.0 Å². The number of rotatable bonds is 6. The maximum Gasteiger partial charge on any atom is 0.488 e. The molecule has 2 rings (SSSR count). The number of ether oxygens (including phenoxy) is 1. The minimum atomic E-state index is -4.00. The quantitative estimate of drug-likeness (QED) is 0.573. The molecular weight excluding hydrogens is 257 g/mol. The molecule has 0 aromatic heterocycles. The molecule has 1 aliphatic heterocycles. The predicted molar refractivity (Wildman–Crippen MR) is 65.8 cm³/mol. The Morgan fingerprint density at radius 2 is 2.00 bits per heavy atom. The second-order valence-electron chi connectivity index (χ2n) is 4.94. The van der Waals surface area contributed by atoms with Crippen molar-refractivity contribution in [3.8, 4) is 0 Å². The summed E-state index contributed by atoms with van der Waals surface area (Å²) in [5.74, 6) is 0. The molecule has 2 atom stereocenters. The highest BCUT2D eigenvalue weighted by Crippen LogP contribution is 2.43. The Balaban J connectivity index is 1.64. The standard InChI is InChI=1S/C11H22NO5P/c13-18(14,16-9-11-7-4-8-15-11)17-12-10-5-2-1-3-6-10/h10-12H,1-9H2,(H,13,14). The molecule has 0 radical (unpaired) electrons. The van der Waals surface area contributed by atoms with Crippen molar-refractivity contribution in [2.24, 2.45) is 0 Å². The Bertz CT molecular complexity index is 289. The summed E-state index contributed by atoms with van der Waals surface area (Å²) in [6.45, 7) is 0.811. The van der Waals surface area contributed by atoms with Crippen molar-refractivity contribution in [1.29, 1.82) is 0 Å². The molecule has 2 aliphatic rings. The van der Waals surface area contributed by atoms with E-state index in [0.29, 0.717) is 6.61 Å². The lowest BCUT2D eigenvalue weighted by Gasteiger charge is -2.23. The van der Waals surface area contributed by atoms with Crippen LogP contribution in [0.15, 0.2) is 0 Å². The Labute approximate surface area is 108 Å². The average Bonchev–Trinajstić information content (AvgIpc) is 2.89. The minimum Gasteiger partial charge on any atom is -0.376 e. The van der Waals surface area contributed by atoms with Crippen LogP contribution in [0.1, 0.15) is 44.9 Å². The van der Waals surface area contributed by atoms with Crippen molar-refractivity contribution in [3.63, 3.8) is 0 Å². The zero-order valence-corrected chi connectivity index (χ0v) is 11.4. The van der Waals surface area contributed by atoms with E-state index in [9.17, 15) is 9.46 Å². The summed E-state index contributed by atoms with van der Waals surface area (Å²) in [7, 11) is -4.00. The Kier molecular flexibility index (Phi) is 5.60. The lowest BCUT2D eigenvalue weighted by molar-refractivity contribution is 0.0272. The van der Waals surface area contributed by atoms with E-state index >= 15 is 0 Å². The van der Waals surface area contributed by atoms with Gasteiger partial charge in [0.05, 0.1) is 12.7 Å². The maximum atomic E-state index is 11.6. The molecule has 2 fully saturated rings. The number of hydrogen-bond donors (Lipinski definition) is 2. The molecule has 106 valence electrons. The fourth-order valence-electron chi connectivity index (χ4n) is 2.34. The predicted octanol–water partition coefficient (Wildman–Crippen LogP) is 2.14. The molecule has 6 nitrogen and oxygen atoms in total. The highest BCUT2D eigenvalue weighted by atomic mass is 31.2. The summed E-state index contributed by atoms with van der Waals surface area (Å²) in [4.78, 5) is 9.50. The zero-order valence-electron chi connectivity index (χ0n) is 10.5. The van der Waals surface area contributed by atoms with E-state index in [1.165, 1.54) is 6.42 Å². The molecule has 1 saturated heterocycles. The van der Waals surface area contributed by atoms with Gasteiger partial charge in [0.15, 0.2) is 0 Å². The molecule has 1 aliphatic carbocycles. The summed E-state index contributed by atoms with van der Waals surface area (Å²) in [5, 5.41) is 0. The zero-order chi connectivity index (χ0) is 12.8. The largest absolute Gasteiger partial charge is 0.488 e. The van der Waals surface area contributed by atoms with Gasteiger partial charge in [-0.25, -0.2) is 4.57 Å². The third-order valence-electron chi connectivity index (χ3n) is 3.39. The van der Waals surface area contributed by atoms with Crippen LogP contribution in [0.25, 0.3) is 0 Å². The van der Waals surface area contributed by atoms with E-state index < -0.39 is 7.82 Å². The number of phosphoric ester groups is 1. The summed E-state index contributed by atoms with van der Waals surface area (Å²) in [6, 6.07) is 0.158. The van der Waals surface area contributed by atoms with Crippen LogP contribution < -0.4 is 5.48 Å². The first kappa shape index (κ1) is 14.4. The van der Waals surface area contributed by atoms with Crippen LogP contribution in [0.2, 0.25) is 0 Å². The maximum absolute atomic E-state index is 11.6. The van der Waals surface area contributed by atoms with Gasteiger partial charge in [0, 0.05) is 12.6 Å². The van der Waals surface area contributed by atoms with Crippen LogP contribution in [0.5, 0.6) is 0 Å². The molecule has 0 aromatic carbocycles. The number of hydroxylamine groups is 1. The Morgan fingerprint density at radius 1 is 1.22 bits per heavy atom. The van der Waals surface area contributed by atoms with E-state index in [1.807, 2.05) is 0 Å². The molecule has 0 bridgehead atoms. The van der Waals surface area contributed by atoms with Gasteiger partial charge in [0.1, 0.15) is 0 Å². The molecule has 1 saturated carbocycles. The van der Waals surface area contributed by atoms with Gasteiger partial charge in [-0.1, -0.05) is 19.3 Å². The van der Waals surface area contributed by atoms with Crippen LogP contribution in [-0.4, -0.2) is 30.3 Å². The van der Waals surface area contributed by atoms with Crippen LogP contribution in [-0.2, 0) is 18.5 Å². The Hall–Kier alpha value is 0.0300. The summed E-state index contributed by atoms with van der Waals surface area (Å²) in [6.07, 6.45) is 7.22. The van der Waals surface area contributed by atoms with Crippen molar-refractivity contribution < 1.29 is 23.3 Å². The molecular formula is C11H22NO5P. The van der Waals surface area contributed by atoms with Gasteiger partial charge in [-0.3, -0.25) is 4.52 Å². The van der Waals surface area contributed by atoms with E-state index in [0.717, 1.165) is 38.5 Å². The highest BCUT2D eigenvalue weighted by molar-refractivity contribution is 7.47. The summed E-state index contributed by atoms with van der Waals surface area (Å²) in [5.41, 5.74) is 2.66. The van der Waals surface area contributed by atoms with E-state index in [-0.39, 0.29) is 18.8 Å². The minimum absolute atomic E-state index is 0.0799. The monoisotopic (exact) mass is 279 g/mol. The van der Waals surface area contributed by atoms with Crippen molar-refractivity contribution in [1.82, 2.24) is 5.48 Å². The SMILES string of the molecule is O=P(O)(OCC1CCCO1)ONC1CCCCC1. The van der Waals surface area contributed by atoms with Crippen LogP contribution in [0.3, 0.4) is 0 Å². The normalized spacial score (nSPS) is 29.3. The smallest absolute Gasteiger partial charge is 0.376 e. The lowest BCUT2D eigenvalue weighted by Crippen LogP contribution is -2.30. The van der Waals surface area contributed by atoms with E-state index in [1.54, 1.807) is 0 Å². The third kappa shape index (κ3) is 4.96. The first-order valence-corrected chi connectivity index (χ1v) is 8.18. The molecule has 0 amide bonds. The van der Waals surface area contributed by atoms with E-state index in [2.05, 4.69) is 5.48 Å². The van der Waals surface area contributed by atoms with Crippen LogP contribution >= 0.6 is 7.82 Å². The second-order valence-corrected chi connectivity index (χ2v) is 6.32. The van der Waals surface area contributed by atoms with Crippen LogP contribution in [0, 0.1) is 0 Å². The van der Waals surface area contributed by atoms with Crippen LogP contribution in [0.4, 0.5) is 0 Å². The van der Waals surface area contributed by atoms with Gasteiger partial charge in [0.25, 0.3) is 0 Å². The molecule has 2 N–H and O–H groups in total. The van der Waals surface area contributed by atoms with Crippen molar-refractivity contribution >= 4 is 7.82 Å². The van der Waals surface area contributed by atoms with Gasteiger partial charge in [-0.05, 0) is 25.7 Å². The summed E-state index contributed by atoms with van der Waals surface area (Å²) < 4.78 is 26.6. The van der Waals surface area contributed by atoms with Gasteiger partial charge < -0.3 is 9.63 Å². The molecule has 1 heterocycles. The first-order valence-electron chi connectivity index (χ1n) is 6.69. The molecule has 18 heavy (non-hydrogen) atoms. The number of nitrogens with one attached hydrogen (secondary N) is 1. The van der Waals surface area contributed by atoms with E-state index in [4.69, 9.17) is 13.9 Å². The fraction of sp³-hybridized carbons (Fsp3) is 1.00. The average molecular weight is 279 g/mol. The van der Waals surface area contributed by atoms with Crippen molar-refractivity contribution in [2.75, 3.05) is 13.2 Å². The molecule has 0 aromatic rings. The van der Waals surface area contributed by atoms with Gasteiger partial charge in [0.2, 0.25) is 0 Å². The number of hydrogen-bond acceptors (Lipinski definition) is 5. The van der Waals surface area contributed by atoms with Gasteiger partial charge in [-0.15, -0.1) is 0 Å². The van der Waals surface area contributed by atoms with Crippen molar-refractivity contribution in [2.45, 2.75) is 57.1 Å². The molecule has 0 spiro atoms. The number of phosphoric acid groups is 1. The van der Waals surface area contributed by atoms with Gasteiger partial charge in [-0.2, -0.15) is 10.1 Å². The second kappa shape index (κ2) is 6.98. The Morgan fingerprint density at radius 3 is 2.67 bits per heavy atom. The summed E-state index contributed by atoms with van der Waals surface area (Å²) >= 11 is 0. The highest BCUT2D eigenvalue weighted by Gasteiger charge is 2.27. The third-order valence-corrected chi connectivity index (χ3v) is 4.20. The fourth-order valence-corrected chi connectivity index (χ4v) is 3.03. The van der Waals surface area contributed by atoms with Crippen molar-refractivity contribution in [3.05, 3.63) is 0 Å². The first-order chi connectivity index (χ1) is 8.66. The van der Waals surface area contributed by atoms with Gasteiger partial charge >= 0.3 is 7.82 Å².